The van der Waals surface area contributed by atoms with E-state index in [4.69, 9.17) is 11.6 Å². The summed E-state index contributed by atoms with van der Waals surface area (Å²) in [6.45, 7) is 4.58. The number of anilines is 3. The van der Waals surface area contributed by atoms with Crippen molar-refractivity contribution in [3.8, 4) is 0 Å². The molecule has 0 spiro atoms. The van der Waals surface area contributed by atoms with Gasteiger partial charge >= 0.3 is 6.03 Å². The maximum absolute atomic E-state index is 12.4. The molecule has 2 amide bonds. The van der Waals surface area contributed by atoms with Crippen LogP contribution in [-0.2, 0) is 0 Å². The minimum Gasteiger partial charge on any atom is -0.368 e. The van der Waals surface area contributed by atoms with E-state index < -0.39 is 11.9 Å². The largest absolute Gasteiger partial charge is 0.368 e. The van der Waals surface area contributed by atoms with Gasteiger partial charge in [-0.2, -0.15) is 4.98 Å². The molecule has 0 atom stereocenters. The summed E-state index contributed by atoms with van der Waals surface area (Å²) in [6, 6.07) is 8.68. The highest BCUT2D eigenvalue weighted by molar-refractivity contribution is 6.30. The number of amides is 2. The maximum Gasteiger partial charge on any atom is 0.329 e. The molecule has 3 heterocycles. The Balaban J connectivity index is 0.000000868. The lowest BCUT2D eigenvalue weighted by Gasteiger charge is -2.20. The van der Waals surface area contributed by atoms with Gasteiger partial charge in [-0.1, -0.05) is 37.9 Å². The molecule has 2 aliphatic heterocycles. The standard InChI is InChI=1S/C20H22ClN7O3.C3H8/c1-26-18(29)28(11-20(26,30)31)16-5-8-22-17(24-16)25-19(6-7-19)15-10-27(12-23-15)14-4-2-3-13(21)9-14;1-3-2/h2-5,8-10,23,30-31H,6-7,11-12H2,1H3,(H,22,24,25);3H2,1-2H3. The molecule has 0 unspecified atom stereocenters. The number of urea groups is 1. The van der Waals surface area contributed by atoms with Gasteiger partial charge in [-0.15, -0.1) is 0 Å². The van der Waals surface area contributed by atoms with Gasteiger partial charge in [0, 0.05) is 30.2 Å². The Morgan fingerprint density at radius 2 is 1.97 bits per heavy atom. The van der Waals surface area contributed by atoms with E-state index in [2.05, 4.69) is 45.5 Å². The van der Waals surface area contributed by atoms with E-state index >= 15 is 0 Å². The normalized spacial score (nSPS) is 19.9. The van der Waals surface area contributed by atoms with Crippen LogP contribution in [0.25, 0.3) is 0 Å². The molecular formula is C23H30ClN7O3. The Kier molecular flexibility index (Phi) is 6.57. The number of aromatic nitrogens is 2. The van der Waals surface area contributed by atoms with Crippen molar-refractivity contribution in [2.45, 2.75) is 44.6 Å². The Morgan fingerprint density at radius 1 is 1.24 bits per heavy atom. The number of β-amino-alcohol motifs (C(OH)–C–C–N with tert-alkyl or cyclic N) is 2. The summed E-state index contributed by atoms with van der Waals surface area (Å²) < 4.78 is 0. The van der Waals surface area contributed by atoms with Crippen LogP contribution in [0.3, 0.4) is 0 Å². The molecule has 3 aliphatic rings. The van der Waals surface area contributed by atoms with Crippen molar-refractivity contribution < 1.29 is 15.0 Å². The van der Waals surface area contributed by atoms with Crippen LogP contribution in [0.5, 0.6) is 0 Å². The molecule has 1 saturated heterocycles. The van der Waals surface area contributed by atoms with E-state index in [0.717, 1.165) is 29.1 Å². The molecule has 0 radical (unpaired) electrons. The lowest BCUT2D eigenvalue weighted by molar-refractivity contribution is -0.214. The van der Waals surface area contributed by atoms with E-state index in [1.165, 1.54) is 24.6 Å². The number of carbonyl (C=O) groups is 1. The van der Waals surface area contributed by atoms with Gasteiger partial charge in [0.1, 0.15) is 12.4 Å². The fraction of sp³-hybridized carbons (Fsp3) is 0.435. The van der Waals surface area contributed by atoms with Gasteiger partial charge in [0.25, 0.3) is 5.91 Å². The number of carbonyl (C=O) groups excluding carboxylic acids is 1. The van der Waals surface area contributed by atoms with Crippen LogP contribution in [0.2, 0.25) is 5.02 Å². The molecular weight excluding hydrogens is 458 g/mol. The Bertz CT molecular complexity index is 1090. The number of nitrogens with zero attached hydrogens (tertiary/aromatic N) is 5. The van der Waals surface area contributed by atoms with Crippen LogP contribution in [0.15, 0.2) is 48.4 Å². The zero-order valence-electron chi connectivity index (χ0n) is 19.5. The minimum atomic E-state index is -2.24. The first-order valence-corrected chi connectivity index (χ1v) is 11.7. The zero-order valence-corrected chi connectivity index (χ0v) is 20.2. The molecule has 4 N–H and O–H groups in total. The van der Waals surface area contributed by atoms with Gasteiger partial charge in [-0.3, -0.25) is 9.80 Å². The first kappa shape index (κ1) is 24.1. The molecule has 11 heteroatoms. The highest BCUT2D eigenvalue weighted by Crippen LogP contribution is 2.45. The molecule has 1 aromatic carbocycles. The first-order valence-electron chi connectivity index (χ1n) is 11.3. The Morgan fingerprint density at radius 3 is 2.59 bits per heavy atom. The Labute approximate surface area is 203 Å². The molecule has 1 aromatic heterocycles. The molecule has 182 valence electrons. The summed E-state index contributed by atoms with van der Waals surface area (Å²) in [7, 11) is 1.33. The topological polar surface area (TPSA) is 117 Å². The third-order valence-corrected chi connectivity index (χ3v) is 6.06. The highest BCUT2D eigenvalue weighted by Gasteiger charge is 2.49. The number of hydrogen-bond donors (Lipinski definition) is 4. The van der Waals surface area contributed by atoms with Gasteiger partial charge in [0.15, 0.2) is 0 Å². The highest BCUT2D eigenvalue weighted by atomic mass is 35.5. The fourth-order valence-electron chi connectivity index (χ4n) is 3.79. The van der Waals surface area contributed by atoms with Crippen molar-refractivity contribution in [1.82, 2.24) is 20.2 Å². The monoisotopic (exact) mass is 487 g/mol. The average Bonchev–Trinajstić information content (AvgIpc) is 3.33. The van der Waals surface area contributed by atoms with E-state index in [1.807, 2.05) is 24.3 Å². The predicted octanol–water partition coefficient (Wildman–Crippen LogP) is 2.91. The molecule has 10 nitrogen and oxygen atoms in total. The van der Waals surface area contributed by atoms with Crippen molar-refractivity contribution in [3.63, 3.8) is 0 Å². The van der Waals surface area contributed by atoms with Gasteiger partial charge in [0.2, 0.25) is 5.95 Å². The summed E-state index contributed by atoms with van der Waals surface area (Å²) in [5.74, 6) is -1.58. The number of halogens is 1. The molecule has 1 saturated carbocycles. The summed E-state index contributed by atoms with van der Waals surface area (Å²) >= 11 is 6.12. The summed E-state index contributed by atoms with van der Waals surface area (Å²) in [6.07, 6.45) is 6.66. The van der Waals surface area contributed by atoms with Gasteiger partial charge in [-0.25, -0.2) is 9.78 Å². The van der Waals surface area contributed by atoms with E-state index in [-0.39, 0.29) is 12.1 Å². The number of rotatable bonds is 5. The summed E-state index contributed by atoms with van der Waals surface area (Å²) in [4.78, 5) is 25.2. The zero-order chi connectivity index (χ0) is 24.5. The number of hydrogen-bond acceptors (Lipinski definition) is 8. The maximum atomic E-state index is 12.4. The second-order valence-corrected chi connectivity index (χ2v) is 9.12. The second-order valence-electron chi connectivity index (χ2n) is 8.68. The lowest BCUT2D eigenvalue weighted by Crippen LogP contribution is -2.44. The van der Waals surface area contributed by atoms with E-state index in [0.29, 0.717) is 23.5 Å². The van der Waals surface area contributed by atoms with Gasteiger partial charge in [0.05, 0.1) is 17.9 Å². The molecule has 34 heavy (non-hydrogen) atoms. The van der Waals surface area contributed by atoms with Crippen molar-refractivity contribution in [3.05, 3.63) is 53.4 Å². The summed E-state index contributed by atoms with van der Waals surface area (Å²) in [5, 5.41) is 27.4. The third kappa shape index (κ3) is 4.75. The first-order chi connectivity index (χ1) is 16.2. The van der Waals surface area contributed by atoms with E-state index in [9.17, 15) is 15.0 Å². The van der Waals surface area contributed by atoms with Crippen LogP contribution in [0.4, 0.5) is 22.2 Å². The molecule has 2 aromatic rings. The van der Waals surface area contributed by atoms with Crippen molar-refractivity contribution in [2.75, 3.05) is 35.4 Å². The predicted molar refractivity (Wildman–Crippen MR) is 131 cm³/mol. The molecule has 1 aliphatic carbocycles. The van der Waals surface area contributed by atoms with Crippen LogP contribution in [0.1, 0.15) is 33.1 Å². The molecule has 5 rings (SSSR count). The van der Waals surface area contributed by atoms with Crippen LogP contribution in [-0.4, -0.2) is 62.8 Å². The third-order valence-electron chi connectivity index (χ3n) is 5.82. The minimum absolute atomic E-state index is 0.295. The fourth-order valence-corrected chi connectivity index (χ4v) is 3.97. The van der Waals surface area contributed by atoms with Crippen molar-refractivity contribution >= 4 is 35.1 Å². The number of nitrogens with one attached hydrogen (secondary N) is 2. The van der Waals surface area contributed by atoms with Crippen molar-refractivity contribution in [2.24, 2.45) is 0 Å². The van der Waals surface area contributed by atoms with Crippen molar-refractivity contribution in [1.29, 1.82) is 0 Å². The van der Waals surface area contributed by atoms with Gasteiger partial charge < -0.3 is 25.7 Å². The van der Waals surface area contributed by atoms with E-state index in [1.54, 1.807) is 6.07 Å². The second kappa shape index (κ2) is 9.28. The summed E-state index contributed by atoms with van der Waals surface area (Å²) in [5.41, 5.74) is 1.72. The van der Waals surface area contributed by atoms with Crippen LogP contribution >= 0.6 is 11.6 Å². The van der Waals surface area contributed by atoms with Crippen LogP contribution in [0, 0.1) is 0 Å². The number of benzene rings is 1. The van der Waals surface area contributed by atoms with Crippen LogP contribution < -0.4 is 20.4 Å². The lowest BCUT2D eigenvalue weighted by atomic mass is 10.2. The molecule has 0 bridgehead atoms. The Hall–Kier alpha value is -3.08. The number of aliphatic hydroxyl groups is 2. The van der Waals surface area contributed by atoms with Gasteiger partial charge in [-0.05, 0) is 37.1 Å². The smallest absolute Gasteiger partial charge is 0.329 e. The molecule has 2 fully saturated rings. The number of likely N-dealkylation sites (N-methyl/N-ethyl adjacent to an activating group) is 1. The quantitative estimate of drug-likeness (QED) is 0.476. The SMILES string of the molecule is CCC.CN1C(=O)N(c2ccnc(NC3(C4=CN(c5cccc(Cl)c5)CN4)CC3)n2)CC1(O)O. The average molecular weight is 488 g/mol.